The largest absolute Gasteiger partial charge is 0.378 e. The molecule has 0 spiro atoms. The second-order valence-corrected chi connectivity index (χ2v) is 7.99. The number of rotatable bonds is 6. The monoisotopic (exact) mass is 405 g/mol. The molecule has 1 fully saturated rings. The number of hydrogen-bond acceptors (Lipinski definition) is 6. The predicted molar refractivity (Wildman–Crippen MR) is 123 cm³/mol. The minimum atomic E-state index is 0.119. The van der Waals surface area contributed by atoms with E-state index in [-0.39, 0.29) is 6.04 Å². The zero-order valence-corrected chi connectivity index (χ0v) is 18.3. The summed E-state index contributed by atoms with van der Waals surface area (Å²) in [6.07, 6.45) is 0. The van der Waals surface area contributed by atoms with E-state index in [1.807, 2.05) is 14.0 Å². The summed E-state index contributed by atoms with van der Waals surface area (Å²) in [5.41, 5.74) is 6.07. The van der Waals surface area contributed by atoms with E-state index in [0.29, 0.717) is 0 Å². The number of morpholine rings is 1. The Bertz CT molecular complexity index is 1030. The average molecular weight is 406 g/mol. The lowest BCUT2D eigenvalue weighted by molar-refractivity contribution is 0.122. The quantitative estimate of drug-likeness (QED) is 0.647. The maximum Gasteiger partial charge on any atom is 0.157 e. The van der Waals surface area contributed by atoms with Crippen LogP contribution in [0.3, 0.4) is 0 Å². The molecule has 1 aromatic heterocycles. The van der Waals surface area contributed by atoms with Crippen LogP contribution in [0.4, 0.5) is 11.5 Å². The molecule has 158 valence electrons. The minimum Gasteiger partial charge on any atom is -0.378 e. The second kappa shape index (κ2) is 8.98. The van der Waals surface area contributed by atoms with Gasteiger partial charge < -0.3 is 20.3 Å². The maximum atomic E-state index is 5.51. The van der Waals surface area contributed by atoms with Gasteiger partial charge >= 0.3 is 0 Å². The highest BCUT2D eigenvalue weighted by Gasteiger charge is 2.17. The molecule has 1 unspecified atom stereocenters. The first-order valence-corrected chi connectivity index (χ1v) is 10.7. The summed E-state index contributed by atoms with van der Waals surface area (Å²) in [6, 6.07) is 13.2. The molecule has 0 bridgehead atoms. The van der Waals surface area contributed by atoms with Gasteiger partial charge in [-0.2, -0.15) is 5.10 Å². The van der Waals surface area contributed by atoms with Crippen molar-refractivity contribution in [2.45, 2.75) is 33.4 Å². The van der Waals surface area contributed by atoms with Gasteiger partial charge in [-0.1, -0.05) is 24.3 Å². The molecule has 0 saturated carbocycles. The highest BCUT2D eigenvalue weighted by atomic mass is 16.5. The fraction of sp³-hybridized carbons (Fsp3) is 0.417. The van der Waals surface area contributed by atoms with Crippen LogP contribution < -0.4 is 15.5 Å². The number of fused-ring (bicyclic) bond motifs is 1. The van der Waals surface area contributed by atoms with Crippen molar-refractivity contribution in [1.82, 2.24) is 15.5 Å². The normalized spacial score (nSPS) is 15.4. The van der Waals surface area contributed by atoms with Crippen LogP contribution in [-0.2, 0) is 11.3 Å². The Labute approximate surface area is 178 Å². The summed E-state index contributed by atoms with van der Waals surface area (Å²) < 4.78 is 5.51. The molecule has 2 heterocycles. The molecule has 3 aromatic rings. The van der Waals surface area contributed by atoms with Gasteiger partial charge in [0, 0.05) is 36.1 Å². The van der Waals surface area contributed by atoms with Crippen LogP contribution >= 0.6 is 0 Å². The summed E-state index contributed by atoms with van der Waals surface area (Å²) in [7, 11) is 1.98. The molecular formula is C24H31N5O. The van der Waals surface area contributed by atoms with E-state index in [0.717, 1.165) is 55.1 Å². The number of nitrogens with one attached hydrogen (secondary N) is 2. The molecule has 4 rings (SSSR count). The van der Waals surface area contributed by atoms with Gasteiger partial charge in [0.25, 0.3) is 0 Å². The number of aryl methyl sites for hydroxylation is 1. The zero-order chi connectivity index (χ0) is 21.1. The molecule has 6 nitrogen and oxygen atoms in total. The highest BCUT2D eigenvalue weighted by molar-refractivity contribution is 5.95. The van der Waals surface area contributed by atoms with Crippen molar-refractivity contribution in [2.24, 2.45) is 0 Å². The standard InChI is InChI=1S/C24H31N5O/c1-16-19(15-25-4)6-5-7-21(16)17(2)26-24-23-14-20(29-10-12-30-13-11-29)8-9-22(23)18(3)27-28-24/h5-9,14,17,25H,10-13,15H2,1-4H3,(H,26,28). The Morgan fingerprint density at radius 2 is 1.87 bits per heavy atom. The first-order valence-electron chi connectivity index (χ1n) is 10.7. The van der Waals surface area contributed by atoms with Crippen molar-refractivity contribution < 1.29 is 4.74 Å². The zero-order valence-electron chi connectivity index (χ0n) is 18.3. The summed E-state index contributed by atoms with van der Waals surface area (Å²) in [5, 5.41) is 18.1. The Hall–Kier alpha value is -2.70. The number of anilines is 2. The van der Waals surface area contributed by atoms with E-state index in [9.17, 15) is 0 Å². The van der Waals surface area contributed by atoms with E-state index in [2.05, 4.69) is 76.0 Å². The third kappa shape index (κ3) is 4.11. The topological polar surface area (TPSA) is 62.3 Å². The van der Waals surface area contributed by atoms with Crippen LogP contribution in [0.2, 0.25) is 0 Å². The average Bonchev–Trinajstić information content (AvgIpc) is 2.77. The van der Waals surface area contributed by atoms with E-state index >= 15 is 0 Å². The lowest BCUT2D eigenvalue weighted by atomic mass is 9.97. The molecule has 1 aliphatic rings. The van der Waals surface area contributed by atoms with Gasteiger partial charge in [0.05, 0.1) is 24.9 Å². The maximum absolute atomic E-state index is 5.51. The van der Waals surface area contributed by atoms with Gasteiger partial charge in [-0.3, -0.25) is 0 Å². The van der Waals surface area contributed by atoms with Crippen molar-refractivity contribution in [3.05, 3.63) is 58.8 Å². The van der Waals surface area contributed by atoms with Gasteiger partial charge in [0.2, 0.25) is 0 Å². The van der Waals surface area contributed by atoms with Crippen molar-refractivity contribution in [2.75, 3.05) is 43.6 Å². The van der Waals surface area contributed by atoms with Crippen molar-refractivity contribution in [1.29, 1.82) is 0 Å². The number of aromatic nitrogens is 2. The van der Waals surface area contributed by atoms with E-state index in [4.69, 9.17) is 4.74 Å². The third-order valence-electron chi connectivity index (χ3n) is 6.00. The fourth-order valence-electron chi connectivity index (χ4n) is 4.24. The lowest BCUT2D eigenvalue weighted by Crippen LogP contribution is -2.36. The fourth-order valence-corrected chi connectivity index (χ4v) is 4.24. The van der Waals surface area contributed by atoms with Crippen molar-refractivity contribution >= 4 is 22.3 Å². The van der Waals surface area contributed by atoms with Gasteiger partial charge in [0.1, 0.15) is 0 Å². The number of hydrogen-bond donors (Lipinski definition) is 2. The SMILES string of the molecule is CNCc1cccc(C(C)Nc2nnc(C)c3ccc(N4CCOCC4)cc23)c1C. The van der Waals surface area contributed by atoms with E-state index in [1.54, 1.807) is 0 Å². The molecule has 1 aliphatic heterocycles. The van der Waals surface area contributed by atoms with Crippen molar-refractivity contribution in [3.8, 4) is 0 Å². The third-order valence-corrected chi connectivity index (χ3v) is 6.00. The molecule has 0 aliphatic carbocycles. The number of benzene rings is 2. The van der Waals surface area contributed by atoms with Crippen LogP contribution in [0.25, 0.3) is 10.8 Å². The molecule has 2 N–H and O–H groups in total. The van der Waals surface area contributed by atoms with Crippen LogP contribution in [-0.4, -0.2) is 43.5 Å². The smallest absolute Gasteiger partial charge is 0.157 e. The second-order valence-electron chi connectivity index (χ2n) is 7.99. The Morgan fingerprint density at radius 3 is 2.63 bits per heavy atom. The summed E-state index contributed by atoms with van der Waals surface area (Å²) in [6.45, 7) is 10.6. The lowest BCUT2D eigenvalue weighted by Gasteiger charge is -2.29. The van der Waals surface area contributed by atoms with Crippen LogP contribution in [0.15, 0.2) is 36.4 Å². The Morgan fingerprint density at radius 1 is 1.07 bits per heavy atom. The predicted octanol–water partition coefficient (Wildman–Crippen LogP) is 3.98. The molecule has 6 heteroatoms. The first-order chi connectivity index (χ1) is 14.6. The molecular weight excluding hydrogens is 374 g/mol. The van der Waals surface area contributed by atoms with Gasteiger partial charge in [-0.05, 0) is 56.6 Å². The van der Waals surface area contributed by atoms with Crippen LogP contribution in [0, 0.1) is 13.8 Å². The van der Waals surface area contributed by atoms with Crippen LogP contribution in [0.5, 0.6) is 0 Å². The summed E-state index contributed by atoms with van der Waals surface area (Å²) in [4.78, 5) is 2.37. The summed E-state index contributed by atoms with van der Waals surface area (Å²) >= 11 is 0. The molecule has 1 saturated heterocycles. The molecule has 2 aromatic carbocycles. The molecule has 0 radical (unpaired) electrons. The highest BCUT2D eigenvalue weighted by Crippen LogP contribution is 2.31. The van der Waals surface area contributed by atoms with E-state index < -0.39 is 0 Å². The molecule has 1 atom stereocenters. The number of nitrogens with zero attached hydrogens (tertiary/aromatic N) is 3. The molecule has 0 amide bonds. The summed E-state index contributed by atoms with van der Waals surface area (Å²) in [5.74, 6) is 0.830. The first kappa shape index (κ1) is 20.6. The van der Waals surface area contributed by atoms with Crippen LogP contribution in [0.1, 0.15) is 35.3 Å². The van der Waals surface area contributed by atoms with E-state index in [1.165, 1.54) is 22.4 Å². The Kier molecular flexibility index (Phi) is 6.16. The minimum absolute atomic E-state index is 0.119. The van der Waals surface area contributed by atoms with Gasteiger partial charge in [-0.15, -0.1) is 5.10 Å². The van der Waals surface area contributed by atoms with Gasteiger partial charge in [0.15, 0.2) is 5.82 Å². The van der Waals surface area contributed by atoms with Crippen molar-refractivity contribution in [3.63, 3.8) is 0 Å². The Balaban J connectivity index is 1.68. The number of ether oxygens (including phenoxy) is 1. The van der Waals surface area contributed by atoms with Gasteiger partial charge in [-0.25, -0.2) is 0 Å². The molecule has 30 heavy (non-hydrogen) atoms.